The number of hydrogen-bond acceptors (Lipinski definition) is 5. The molecule has 2 aromatic heterocycles. The number of fused-ring (bicyclic) bond motifs is 1. The van der Waals surface area contributed by atoms with Crippen molar-refractivity contribution in [3.05, 3.63) is 82.8 Å². The Morgan fingerprint density at radius 3 is 2.82 bits per heavy atom. The zero-order valence-corrected chi connectivity index (χ0v) is 18.9. The van der Waals surface area contributed by atoms with Gasteiger partial charge in [-0.2, -0.15) is 0 Å². The number of aromatic nitrogens is 3. The summed E-state index contributed by atoms with van der Waals surface area (Å²) in [5, 5.41) is 0. The minimum absolute atomic E-state index is 0.0732. The quantitative estimate of drug-likeness (QED) is 0.586. The smallest absolute Gasteiger partial charge is 0.273 e. The van der Waals surface area contributed by atoms with E-state index < -0.39 is 0 Å². The zero-order chi connectivity index (χ0) is 22.8. The van der Waals surface area contributed by atoms with Crippen molar-refractivity contribution in [2.24, 2.45) is 0 Å². The molecule has 4 heterocycles. The number of likely N-dealkylation sites (tertiary alicyclic amines) is 1. The number of piperidine rings is 1. The standard InChI is InChI=1S/C26H28FN5O/c1-18-21-10-7-14-31(17-19-8-6-9-20(27)16-19)25(21)30-24(29-18)23-12-3-5-15-32(23)26(33)22-11-2-4-13-28-22/h2,4,6,8-9,11,13,16,23H,3,5,7,10,12,14-15,17H2,1H3/t23-/m1/s1. The minimum atomic E-state index is -0.227. The van der Waals surface area contributed by atoms with Crippen LogP contribution in [0.1, 0.15) is 64.9 Å². The van der Waals surface area contributed by atoms with Gasteiger partial charge >= 0.3 is 0 Å². The molecule has 0 spiro atoms. The summed E-state index contributed by atoms with van der Waals surface area (Å²) in [6.45, 7) is 4.17. The van der Waals surface area contributed by atoms with Crippen LogP contribution in [-0.4, -0.2) is 38.8 Å². The molecule has 1 fully saturated rings. The Bertz CT molecular complexity index is 1150. The van der Waals surface area contributed by atoms with Gasteiger partial charge < -0.3 is 9.80 Å². The molecule has 170 valence electrons. The molecule has 6 nitrogen and oxygen atoms in total. The molecule has 2 aliphatic heterocycles. The topological polar surface area (TPSA) is 62.2 Å². The minimum Gasteiger partial charge on any atom is -0.352 e. The Balaban J connectivity index is 1.48. The first kappa shape index (κ1) is 21.5. The fraction of sp³-hybridized carbons (Fsp3) is 0.385. The van der Waals surface area contributed by atoms with Crippen LogP contribution in [-0.2, 0) is 13.0 Å². The van der Waals surface area contributed by atoms with Gasteiger partial charge in [0, 0.05) is 37.1 Å². The number of amides is 1. The van der Waals surface area contributed by atoms with Gasteiger partial charge in [-0.25, -0.2) is 14.4 Å². The second kappa shape index (κ2) is 9.25. The van der Waals surface area contributed by atoms with Gasteiger partial charge in [-0.15, -0.1) is 0 Å². The van der Waals surface area contributed by atoms with Crippen LogP contribution < -0.4 is 4.90 Å². The average Bonchev–Trinajstić information content (AvgIpc) is 2.84. The summed E-state index contributed by atoms with van der Waals surface area (Å²) in [6.07, 6.45) is 6.42. The van der Waals surface area contributed by atoms with E-state index in [1.54, 1.807) is 24.4 Å². The van der Waals surface area contributed by atoms with Crippen molar-refractivity contribution in [1.29, 1.82) is 0 Å². The predicted octanol–water partition coefficient (Wildman–Crippen LogP) is 4.64. The number of hydrogen-bond donors (Lipinski definition) is 0. The van der Waals surface area contributed by atoms with E-state index in [0.717, 1.165) is 61.3 Å². The van der Waals surface area contributed by atoms with E-state index in [4.69, 9.17) is 9.97 Å². The van der Waals surface area contributed by atoms with Crippen molar-refractivity contribution in [3.63, 3.8) is 0 Å². The molecule has 0 unspecified atom stereocenters. The molecular formula is C26H28FN5O. The summed E-state index contributed by atoms with van der Waals surface area (Å²) in [7, 11) is 0. The number of anilines is 1. The van der Waals surface area contributed by atoms with E-state index in [9.17, 15) is 9.18 Å². The molecule has 1 amide bonds. The van der Waals surface area contributed by atoms with Crippen molar-refractivity contribution in [2.45, 2.75) is 51.6 Å². The number of carbonyl (C=O) groups excluding carboxylic acids is 1. The van der Waals surface area contributed by atoms with Crippen LogP contribution in [0.5, 0.6) is 0 Å². The lowest BCUT2D eigenvalue weighted by Gasteiger charge is -2.36. The Kier molecular flexibility index (Phi) is 6.03. The van der Waals surface area contributed by atoms with Crippen molar-refractivity contribution in [2.75, 3.05) is 18.0 Å². The van der Waals surface area contributed by atoms with E-state index in [2.05, 4.69) is 9.88 Å². The predicted molar refractivity (Wildman–Crippen MR) is 124 cm³/mol. The van der Waals surface area contributed by atoms with Gasteiger partial charge in [-0.1, -0.05) is 18.2 Å². The lowest BCUT2D eigenvalue weighted by molar-refractivity contribution is 0.0593. The first-order valence-corrected chi connectivity index (χ1v) is 11.7. The van der Waals surface area contributed by atoms with Gasteiger partial charge in [0.05, 0.1) is 6.04 Å². The van der Waals surface area contributed by atoms with Gasteiger partial charge in [0.1, 0.15) is 17.3 Å². The summed E-state index contributed by atoms with van der Waals surface area (Å²) in [5.41, 5.74) is 3.49. The second-order valence-electron chi connectivity index (χ2n) is 8.85. The summed E-state index contributed by atoms with van der Waals surface area (Å²) in [4.78, 5) is 31.5. The lowest BCUT2D eigenvalue weighted by atomic mass is 9.99. The van der Waals surface area contributed by atoms with Crippen molar-refractivity contribution < 1.29 is 9.18 Å². The molecule has 0 saturated carbocycles. The Morgan fingerprint density at radius 2 is 2.00 bits per heavy atom. The fourth-order valence-electron chi connectivity index (χ4n) is 4.95. The van der Waals surface area contributed by atoms with Crippen molar-refractivity contribution >= 4 is 11.7 Å². The highest BCUT2D eigenvalue weighted by molar-refractivity contribution is 5.92. The maximum Gasteiger partial charge on any atom is 0.273 e. The first-order valence-electron chi connectivity index (χ1n) is 11.7. The third-order valence-corrected chi connectivity index (χ3v) is 6.57. The molecule has 1 aromatic carbocycles. The van der Waals surface area contributed by atoms with Gasteiger partial charge in [0.2, 0.25) is 0 Å². The van der Waals surface area contributed by atoms with Gasteiger partial charge in [0.15, 0.2) is 5.82 Å². The molecule has 7 heteroatoms. The van der Waals surface area contributed by atoms with Crippen LogP contribution in [0.2, 0.25) is 0 Å². The molecule has 5 rings (SSSR count). The summed E-state index contributed by atoms with van der Waals surface area (Å²) in [6, 6.07) is 12.0. The van der Waals surface area contributed by atoms with Crippen LogP contribution in [0.25, 0.3) is 0 Å². The maximum absolute atomic E-state index is 13.8. The molecule has 0 radical (unpaired) electrons. The monoisotopic (exact) mass is 445 g/mol. The Morgan fingerprint density at radius 1 is 1.09 bits per heavy atom. The molecular weight excluding hydrogens is 417 g/mol. The summed E-state index contributed by atoms with van der Waals surface area (Å²) >= 11 is 0. The molecule has 2 aliphatic rings. The van der Waals surface area contributed by atoms with E-state index in [0.29, 0.717) is 24.6 Å². The van der Waals surface area contributed by atoms with Crippen LogP contribution in [0.4, 0.5) is 10.2 Å². The van der Waals surface area contributed by atoms with Gasteiger partial charge in [0.25, 0.3) is 5.91 Å². The summed E-state index contributed by atoms with van der Waals surface area (Å²) < 4.78 is 13.8. The number of aryl methyl sites for hydroxylation is 1. The van der Waals surface area contributed by atoms with Crippen LogP contribution >= 0.6 is 0 Å². The first-order chi connectivity index (χ1) is 16.1. The number of benzene rings is 1. The largest absolute Gasteiger partial charge is 0.352 e. The molecule has 0 bridgehead atoms. The number of rotatable bonds is 4. The zero-order valence-electron chi connectivity index (χ0n) is 18.9. The fourth-order valence-corrected chi connectivity index (χ4v) is 4.95. The lowest BCUT2D eigenvalue weighted by Crippen LogP contribution is -2.40. The van der Waals surface area contributed by atoms with Crippen LogP contribution in [0, 0.1) is 12.7 Å². The van der Waals surface area contributed by atoms with Crippen LogP contribution in [0.3, 0.4) is 0 Å². The molecule has 1 atom stereocenters. The van der Waals surface area contributed by atoms with E-state index in [-0.39, 0.29) is 17.8 Å². The average molecular weight is 446 g/mol. The van der Waals surface area contributed by atoms with Crippen LogP contribution in [0.15, 0.2) is 48.7 Å². The highest BCUT2D eigenvalue weighted by Gasteiger charge is 2.33. The maximum atomic E-state index is 13.8. The molecule has 3 aromatic rings. The number of carbonyl (C=O) groups is 1. The van der Waals surface area contributed by atoms with Gasteiger partial charge in [-0.3, -0.25) is 9.78 Å². The second-order valence-corrected chi connectivity index (χ2v) is 8.85. The number of pyridine rings is 1. The van der Waals surface area contributed by atoms with E-state index >= 15 is 0 Å². The number of nitrogens with zero attached hydrogens (tertiary/aromatic N) is 5. The molecule has 33 heavy (non-hydrogen) atoms. The Hall–Kier alpha value is -3.35. The summed E-state index contributed by atoms with van der Waals surface area (Å²) in [5.74, 6) is 1.32. The van der Waals surface area contributed by atoms with Crippen molar-refractivity contribution in [1.82, 2.24) is 19.9 Å². The third-order valence-electron chi connectivity index (χ3n) is 6.57. The molecule has 0 aliphatic carbocycles. The third kappa shape index (κ3) is 4.45. The highest BCUT2D eigenvalue weighted by Crippen LogP contribution is 2.34. The SMILES string of the molecule is Cc1nc([C@H]2CCCCN2C(=O)c2ccccn2)nc2c1CCCN2Cc1cccc(F)c1. The molecule has 0 N–H and O–H groups in total. The van der Waals surface area contributed by atoms with Gasteiger partial charge in [-0.05, 0) is 68.9 Å². The number of halogens is 1. The van der Waals surface area contributed by atoms with Crippen molar-refractivity contribution in [3.8, 4) is 0 Å². The normalized spacial score (nSPS) is 18.2. The highest BCUT2D eigenvalue weighted by atomic mass is 19.1. The van der Waals surface area contributed by atoms with E-state index in [1.165, 1.54) is 6.07 Å². The van der Waals surface area contributed by atoms with E-state index in [1.807, 2.05) is 30.0 Å². The molecule has 1 saturated heterocycles. The Labute approximate surface area is 193 Å².